The molecule has 0 aromatic heterocycles. The molecule has 0 fully saturated rings. The van der Waals surface area contributed by atoms with Crippen LogP contribution in [0.25, 0.3) is 0 Å². The van der Waals surface area contributed by atoms with Crippen LogP contribution in [0, 0.1) is 0 Å². The van der Waals surface area contributed by atoms with Gasteiger partial charge in [-0.15, -0.1) is 0 Å². The Kier molecular flexibility index (Phi) is 6.75. The fourth-order valence-electron chi connectivity index (χ4n) is 0.750. The monoisotopic (exact) mass is 321 g/mol. The number of hydrogen-bond acceptors (Lipinski definition) is 11. The van der Waals surface area contributed by atoms with Gasteiger partial charge in [0, 0.05) is 0 Å². The highest BCUT2D eigenvalue weighted by molar-refractivity contribution is 6.10. The number of ether oxygens (including phenoxy) is 2. The van der Waals surface area contributed by atoms with Crippen LogP contribution in [0.1, 0.15) is 0 Å². The van der Waals surface area contributed by atoms with Crippen molar-refractivity contribution in [2.75, 3.05) is 0 Å². The summed E-state index contributed by atoms with van der Waals surface area (Å²) < 4.78 is 7.76. The van der Waals surface area contributed by atoms with E-state index in [0.29, 0.717) is 0 Å². The lowest BCUT2D eigenvalue weighted by atomic mass is 10.3. The molecule has 0 heterocycles. The van der Waals surface area contributed by atoms with Gasteiger partial charge in [0.2, 0.25) is 18.1 Å². The first-order valence-electron chi connectivity index (χ1n) is 5.22. The van der Waals surface area contributed by atoms with Crippen LogP contribution in [0.15, 0.2) is 0 Å². The third-order valence-corrected chi connectivity index (χ3v) is 1.95. The standard InChI is InChI=1S/C9H11N3O10/c10-1(4(13)14)6(17)21-8(19)3(12)9(20)22-7(18)2(11)5(15)16/h1-3H,10-12H2,(H,13,14)(H,15,16). The molecule has 0 saturated heterocycles. The van der Waals surface area contributed by atoms with Crippen molar-refractivity contribution in [1.29, 1.82) is 0 Å². The lowest BCUT2D eigenvalue weighted by molar-refractivity contribution is -0.169. The van der Waals surface area contributed by atoms with Gasteiger partial charge >= 0.3 is 35.8 Å². The average Bonchev–Trinajstić information content (AvgIpc) is 2.43. The molecule has 0 saturated carbocycles. The predicted molar refractivity (Wildman–Crippen MR) is 61.4 cm³/mol. The molecular weight excluding hydrogens is 310 g/mol. The Morgan fingerprint density at radius 1 is 0.591 bits per heavy atom. The van der Waals surface area contributed by atoms with E-state index in [2.05, 4.69) is 9.47 Å². The van der Waals surface area contributed by atoms with E-state index in [1.807, 2.05) is 0 Å². The highest BCUT2D eigenvalue weighted by Gasteiger charge is 2.34. The third kappa shape index (κ3) is 5.23. The summed E-state index contributed by atoms with van der Waals surface area (Å²) in [5.41, 5.74) is 14.6. The number of carbonyl (C=O) groups is 6. The molecule has 0 bridgehead atoms. The summed E-state index contributed by atoms with van der Waals surface area (Å²) in [7, 11) is 0. The van der Waals surface area contributed by atoms with E-state index in [0.717, 1.165) is 0 Å². The quantitative estimate of drug-likeness (QED) is 0.228. The lowest BCUT2D eigenvalue weighted by Crippen LogP contribution is -2.48. The van der Waals surface area contributed by atoms with Crippen LogP contribution in [0.3, 0.4) is 0 Å². The molecule has 0 spiro atoms. The Hall–Kier alpha value is -2.90. The minimum absolute atomic E-state index is 1.71. The Balaban J connectivity index is 4.66. The lowest BCUT2D eigenvalue weighted by Gasteiger charge is -2.11. The zero-order chi connectivity index (χ0) is 17.6. The molecule has 22 heavy (non-hydrogen) atoms. The Morgan fingerprint density at radius 2 is 0.818 bits per heavy atom. The molecule has 13 heteroatoms. The molecule has 8 N–H and O–H groups in total. The molecule has 0 aromatic carbocycles. The molecule has 2 unspecified atom stereocenters. The van der Waals surface area contributed by atoms with Gasteiger partial charge in [0.05, 0.1) is 0 Å². The van der Waals surface area contributed by atoms with Gasteiger partial charge in [0.15, 0.2) is 0 Å². The summed E-state index contributed by atoms with van der Waals surface area (Å²) in [6.07, 6.45) is 0. The van der Waals surface area contributed by atoms with Crippen LogP contribution < -0.4 is 17.2 Å². The van der Waals surface area contributed by atoms with E-state index in [-0.39, 0.29) is 0 Å². The molecule has 0 amide bonds. The Labute approximate surface area is 120 Å². The van der Waals surface area contributed by atoms with Crippen molar-refractivity contribution in [3.63, 3.8) is 0 Å². The number of aliphatic carboxylic acids is 2. The average molecular weight is 321 g/mol. The normalized spacial score (nSPS) is 14.1. The maximum Gasteiger partial charge on any atom is 0.342 e. The van der Waals surface area contributed by atoms with Crippen LogP contribution in [0.2, 0.25) is 0 Å². The summed E-state index contributed by atoms with van der Waals surface area (Å²) in [5.74, 6) is -10.6. The van der Waals surface area contributed by atoms with E-state index in [4.69, 9.17) is 27.4 Å². The first kappa shape index (κ1) is 19.1. The van der Waals surface area contributed by atoms with Crippen molar-refractivity contribution in [3.8, 4) is 0 Å². The van der Waals surface area contributed by atoms with Gasteiger partial charge in [-0.05, 0) is 0 Å². The Bertz CT molecular complexity index is 484. The number of hydrogen-bond donors (Lipinski definition) is 5. The van der Waals surface area contributed by atoms with Crippen LogP contribution in [0.5, 0.6) is 0 Å². The second-order valence-corrected chi connectivity index (χ2v) is 3.59. The van der Waals surface area contributed by atoms with Crippen molar-refractivity contribution >= 4 is 35.8 Å². The molecule has 0 aliphatic rings. The van der Waals surface area contributed by atoms with Crippen LogP contribution >= 0.6 is 0 Å². The zero-order valence-corrected chi connectivity index (χ0v) is 10.6. The maximum atomic E-state index is 11.2. The molecule has 13 nitrogen and oxygen atoms in total. The smallest absolute Gasteiger partial charge is 0.342 e. The topological polar surface area (TPSA) is 239 Å². The van der Waals surface area contributed by atoms with Crippen molar-refractivity contribution in [1.82, 2.24) is 0 Å². The second-order valence-electron chi connectivity index (χ2n) is 3.59. The van der Waals surface area contributed by atoms with Gasteiger partial charge in [-0.2, -0.15) is 0 Å². The predicted octanol–water partition coefficient (Wildman–Crippen LogP) is -4.72. The van der Waals surface area contributed by atoms with Crippen molar-refractivity contribution < 1.29 is 48.5 Å². The first-order valence-corrected chi connectivity index (χ1v) is 5.22. The van der Waals surface area contributed by atoms with Crippen LogP contribution in [-0.2, 0) is 38.2 Å². The largest absolute Gasteiger partial charge is 0.480 e. The summed E-state index contributed by atoms with van der Waals surface area (Å²) in [4.78, 5) is 65.2. The second kappa shape index (κ2) is 7.77. The number of esters is 4. The summed E-state index contributed by atoms with van der Waals surface area (Å²) >= 11 is 0. The molecule has 2 atom stereocenters. The zero-order valence-electron chi connectivity index (χ0n) is 10.6. The SMILES string of the molecule is NC(C(=O)O)C(=O)OC(=O)C(N)C(=O)OC(=O)C(N)C(=O)O. The van der Waals surface area contributed by atoms with Gasteiger partial charge in [0.25, 0.3) is 0 Å². The maximum absolute atomic E-state index is 11.2. The fourth-order valence-corrected chi connectivity index (χ4v) is 0.750. The van der Waals surface area contributed by atoms with E-state index in [1.54, 1.807) is 0 Å². The van der Waals surface area contributed by atoms with Crippen LogP contribution in [0.4, 0.5) is 0 Å². The molecule has 0 radical (unpaired) electrons. The number of rotatable bonds is 6. The van der Waals surface area contributed by atoms with E-state index in [1.165, 1.54) is 0 Å². The molecule has 0 aliphatic carbocycles. The van der Waals surface area contributed by atoms with Gasteiger partial charge in [-0.25, -0.2) is 28.8 Å². The number of nitrogens with two attached hydrogens (primary N) is 3. The van der Waals surface area contributed by atoms with Gasteiger partial charge in [-0.1, -0.05) is 0 Å². The van der Waals surface area contributed by atoms with Gasteiger partial charge in [-0.3, -0.25) is 0 Å². The van der Waals surface area contributed by atoms with Crippen molar-refractivity contribution in [2.24, 2.45) is 17.2 Å². The van der Waals surface area contributed by atoms with E-state index in [9.17, 15) is 28.8 Å². The molecule has 122 valence electrons. The first-order chi connectivity index (χ1) is 9.98. The number of carboxylic acid groups (broad SMARTS) is 2. The Morgan fingerprint density at radius 3 is 1.05 bits per heavy atom. The summed E-state index contributed by atoms with van der Waals surface area (Å²) in [6, 6.07) is -6.72. The van der Waals surface area contributed by atoms with Gasteiger partial charge in [0.1, 0.15) is 0 Å². The minimum atomic E-state index is -2.32. The van der Waals surface area contributed by atoms with Crippen LogP contribution in [-0.4, -0.2) is 64.2 Å². The molecule has 0 aliphatic heterocycles. The molecular formula is C9H11N3O10. The minimum Gasteiger partial charge on any atom is -0.480 e. The van der Waals surface area contributed by atoms with Crippen molar-refractivity contribution in [3.05, 3.63) is 0 Å². The van der Waals surface area contributed by atoms with Crippen molar-refractivity contribution in [2.45, 2.75) is 18.1 Å². The summed E-state index contributed by atoms with van der Waals surface area (Å²) in [6.45, 7) is 0. The number of carboxylic acids is 2. The molecule has 0 rings (SSSR count). The fraction of sp³-hybridized carbons (Fsp3) is 0.333. The van der Waals surface area contributed by atoms with E-state index >= 15 is 0 Å². The summed E-state index contributed by atoms with van der Waals surface area (Å²) in [5, 5.41) is 16.7. The third-order valence-electron chi connectivity index (χ3n) is 1.95. The van der Waals surface area contributed by atoms with E-state index < -0.39 is 53.9 Å². The molecule has 0 aromatic rings. The number of carbonyl (C=O) groups excluding carboxylic acids is 4. The highest BCUT2D eigenvalue weighted by Crippen LogP contribution is 1.96. The highest BCUT2D eigenvalue weighted by atomic mass is 16.6. The van der Waals surface area contributed by atoms with Gasteiger partial charge < -0.3 is 36.9 Å².